The molecule has 2 aromatic carbocycles. The van der Waals surface area contributed by atoms with Gasteiger partial charge >= 0.3 is 18.3 Å². The SMILES string of the molecule is O=C(O)C1CCC(COc2ccccc2Sc2ccc(/C=C/C(O)N3CCOCC3)c(C(F)(F)F)c2C(F)(F)F)CC1. The normalized spacial score (nSPS) is 21.4. The van der Waals surface area contributed by atoms with E-state index in [9.17, 15) is 41.4 Å². The van der Waals surface area contributed by atoms with Crippen LogP contribution in [0.1, 0.15) is 42.4 Å². The third-order valence-corrected chi connectivity index (χ3v) is 8.49. The predicted octanol–water partition coefficient (Wildman–Crippen LogP) is 6.81. The number of nitrogens with zero attached hydrogens (tertiary/aromatic N) is 1. The number of carbonyl (C=O) groups is 1. The van der Waals surface area contributed by atoms with E-state index < -0.39 is 52.1 Å². The van der Waals surface area contributed by atoms with Crippen molar-refractivity contribution in [3.63, 3.8) is 0 Å². The molecule has 13 heteroatoms. The summed E-state index contributed by atoms with van der Waals surface area (Å²) < 4.78 is 96.7. The van der Waals surface area contributed by atoms with Crippen molar-refractivity contribution < 1.29 is 50.8 Å². The number of ether oxygens (including phenoxy) is 2. The van der Waals surface area contributed by atoms with Crippen LogP contribution in [-0.2, 0) is 21.9 Å². The molecule has 4 rings (SSSR count). The van der Waals surface area contributed by atoms with Crippen LogP contribution in [0.5, 0.6) is 5.75 Å². The lowest BCUT2D eigenvalue weighted by Crippen LogP contribution is -2.42. The molecule has 0 radical (unpaired) electrons. The second-order valence-corrected chi connectivity index (χ2v) is 11.3. The number of hydrogen-bond donors (Lipinski definition) is 2. The zero-order valence-corrected chi connectivity index (χ0v) is 23.3. The van der Waals surface area contributed by atoms with E-state index in [0.29, 0.717) is 63.7 Å². The zero-order chi connectivity index (χ0) is 30.5. The number of benzene rings is 2. The number of aliphatic hydroxyl groups excluding tert-OH is 1. The summed E-state index contributed by atoms with van der Waals surface area (Å²) in [7, 11) is 0. The lowest BCUT2D eigenvalue weighted by Gasteiger charge is -2.29. The highest BCUT2D eigenvalue weighted by molar-refractivity contribution is 7.99. The van der Waals surface area contributed by atoms with Crippen LogP contribution in [0.25, 0.3) is 6.08 Å². The van der Waals surface area contributed by atoms with E-state index in [1.165, 1.54) is 17.0 Å². The second kappa shape index (κ2) is 13.7. The fourth-order valence-corrected chi connectivity index (χ4v) is 6.19. The summed E-state index contributed by atoms with van der Waals surface area (Å²) in [5.74, 6) is -0.972. The van der Waals surface area contributed by atoms with Crippen LogP contribution in [0, 0.1) is 11.8 Å². The van der Waals surface area contributed by atoms with Crippen molar-refractivity contribution in [3.8, 4) is 5.75 Å². The Morgan fingerprint density at radius 1 is 0.976 bits per heavy atom. The van der Waals surface area contributed by atoms with Gasteiger partial charge in [-0.3, -0.25) is 9.69 Å². The summed E-state index contributed by atoms with van der Waals surface area (Å²) in [4.78, 5) is 12.3. The summed E-state index contributed by atoms with van der Waals surface area (Å²) in [6.07, 6.45) is -7.82. The Bertz CT molecular complexity index is 1250. The van der Waals surface area contributed by atoms with Crippen LogP contribution in [0.4, 0.5) is 26.3 Å². The van der Waals surface area contributed by atoms with Crippen LogP contribution in [0.2, 0.25) is 0 Å². The molecule has 1 saturated heterocycles. The monoisotopic (exact) mass is 619 g/mol. The maximum atomic E-state index is 14.3. The number of alkyl halides is 6. The first-order valence-electron chi connectivity index (χ1n) is 13.5. The summed E-state index contributed by atoms with van der Waals surface area (Å²) in [5, 5.41) is 19.5. The Hall–Kier alpha value is -2.74. The molecule has 0 aromatic heterocycles. The predicted molar refractivity (Wildman–Crippen MR) is 143 cm³/mol. The minimum absolute atomic E-state index is 0.0557. The third-order valence-electron chi connectivity index (χ3n) is 7.37. The van der Waals surface area contributed by atoms with Crippen molar-refractivity contribution in [2.24, 2.45) is 11.8 Å². The first-order valence-corrected chi connectivity index (χ1v) is 14.3. The molecular formula is C29H31F6NO5S. The Morgan fingerprint density at radius 3 is 2.24 bits per heavy atom. The van der Waals surface area contributed by atoms with E-state index in [1.54, 1.807) is 12.1 Å². The number of carboxylic acids is 1. The van der Waals surface area contributed by atoms with Crippen LogP contribution in [0.15, 0.2) is 52.3 Å². The van der Waals surface area contributed by atoms with Gasteiger partial charge in [0.1, 0.15) is 12.0 Å². The molecule has 0 amide bonds. The Morgan fingerprint density at radius 2 is 1.62 bits per heavy atom. The Kier molecular flexibility index (Phi) is 10.5. The molecule has 1 aliphatic heterocycles. The standard InChI is InChI=1S/C29H31F6NO5S/c30-28(31,32)25-19(10-12-24(37)36-13-15-40-16-14-36)9-11-23(26(25)29(33,34)35)42-22-4-2-1-3-21(22)41-17-18-5-7-20(8-6-18)27(38)39/h1-4,9-12,18,20,24,37H,5-8,13-17H2,(H,38,39)/b12-10+. The molecule has 42 heavy (non-hydrogen) atoms. The molecule has 1 saturated carbocycles. The zero-order valence-electron chi connectivity index (χ0n) is 22.5. The van der Waals surface area contributed by atoms with Gasteiger partial charge in [0.2, 0.25) is 0 Å². The maximum Gasteiger partial charge on any atom is 0.418 e. The summed E-state index contributed by atoms with van der Waals surface area (Å²) in [5.41, 5.74) is -4.36. The van der Waals surface area contributed by atoms with Crippen LogP contribution < -0.4 is 4.74 Å². The molecule has 2 fully saturated rings. The molecule has 2 aromatic rings. The lowest BCUT2D eigenvalue weighted by molar-refractivity contribution is -0.163. The van der Waals surface area contributed by atoms with Gasteiger partial charge in [-0.25, -0.2) is 0 Å². The lowest BCUT2D eigenvalue weighted by atomic mass is 9.82. The average molecular weight is 620 g/mol. The molecule has 230 valence electrons. The van der Waals surface area contributed by atoms with Gasteiger partial charge in [0.05, 0.1) is 41.8 Å². The van der Waals surface area contributed by atoms with E-state index in [2.05, 4.69) is 0 Å². The summed E-state index contributed by atoms with van der Waals surface area (Å²) >= 11 is 0.526. The largest absolute Gasteiger partial charge is 0.492 e. The maximum absolute atomic E-state index is 14.3. The minimum atomic E-state index is -5.34. The topological polar surface area (TPSA) is 79.2 Å². The van der Waals surface area contributed by atoms with Crippen molar-refractivity contribution in [2.45, 2.75) is 54.1 Å². The molecule has 6 nitrogen and oxygen atoms in total. The first kappa shape index (κ1) is 32.2. The number of rotatable bonds is 9. The number of morpholine rings is 1. The Labute approximate surface area is 243 Å². The highest BCUT2D eigenvalue weighted by Crippen LogP contribution is 2.49. The van der Waals surface area contributed by atoms with Gasteiger partial charge in [-0.1, -0.05) is 36.0 Å². The average Bonchev–Trinajstić information content (AvgIpc) is 2.95. The quantitative estimate of drug-likeness (QED) is 0.299. The van der Waals surface area contributed by atoms with Gasteiger partial charge in [0.25, 0.3) is 0 Å². The van der Waals surface area contributed by atoms with Gasteiger partial charge in [-0.15, -0.1) is 0 Å². The number of para-hydroxylation sites is 1. The summed E-state index contributed by atoms with van der Waals surface area (Å²) in [6.45, 7) is 1.50. The fraction of sp³-hybridized carbons (Fsp3) is 0.483. The molecule has 0 bridgehead atoms. The molecule has 0 spiro atoms. The molecule has 1 heterocycles. The number of hydrogen-bond acceptors (Lipinski definition) is 6. The highest BCUT2D eigenvalue weighted by atomic mass is 32.2. The van der Waals surface area contributed by atoms with Gasteiger partial charge in [-0.2, -0.15) is 26.3 Å². The number of aliphatic carboxylic acids is 1. The van der Waals surface area contributed by atoms with Crippen molar-refractivity contribution in [1.29, 1.82) is 0 Å². The van der Waals surface area contributed by atoms with Gasteiger partial charge < -0.3 is 19.7 Å². The molecule has 1 unspecified atom stereocenters. The Balaban J connectivity index is 1.60. The van der Waals surface area contributed by atoms with E-state index in [4.69, 9.17) is 9.47 Å². The van der Waals surface area contributed by atoms with Gasteiger partial charge in [0, 0.05) is 18.0 Å². The minimum Gasteiger partial charge on any atom is -0.492 e. The van der Waals surface area contributed by atoms with E-state index >= 15 is 0 Å². The molecule has 1 atom stereocenters. The van der Waals surface area contributed by atoms with Crippen molar-refractivity contribution in [3.05, 3.63) is 59.2 Å². The number of halogens is 6. The highest BCUT2D eigenvalue weighted by Gasteiger charge is 2.46. The van der Waals surface area contributed by atoms with Gasteiger partial charge in [0.15, 0.2) is 0 Å². The number of aliphatic hydroxyl groups is 1. The van der Waals surface area contributed by atoms with Crippen LogP contribution in [0.3, 0.4) is 0 Å². The molecule has 2 aliphatic rings. The van der Waals surface area contributed by atoms with Gasteiger partial charge in [-0.05, 0) is 61.4 Å². The smallest absolute Gasteiger partial charge is 0.418 e. The van der Waals surface area contributed by atoms with Crippen molar-refractivity contribution in [1.82, 2.24) is 4.90 Å². The first-order chi connectivity index (χ1) is 19.8. The van der Waals surface area contributed by atoms with E-state index in [1.807, 2.05) is 0 Å². The van der Waals surface area contributed by atoms with E-state index in [-0.39, 0.29) is 23.2 Å². The fourth-order valence-electron chi connectivity index (χ4n) is 5.12. The van der Waals surface area contributed by atoms with Crippen molar-refractivity contribution in [2.75, 3.05) is 32.9 Å². The summed E-state index contributed by atoms with van der Waals surface area (Å²) in [6, 6.07) is 8.13. The van der Waals surface area contributed by atoms with E-state index in [0.717, 1.165) is 24.3 Å². The second-order valence-electron chi connectivity index (χ2n) is 10.2. The van der Waals surface area contributed by atoms with Crippen LogP contribution in [-0.4, -0.2) is 60.2 Å². The molecular weight excluding hydrogens is 588 g/mol. The van der Waals surface area contributed by atoms with Crippen molar-refractivity contribution >= 4 is 23.8 Å². The third kappa shape index (κ3) is 8.21. The van der Waals surface area contributed by atoms with Crippen LogP contribution >= 0.6 is 11.8 Å². The molecule has 2 N–H and O–H groups in total. The number of carboxylic acid groups (broad SMARTS) is 1. The molecule has 1 aliphatic carbocycles.